The van der Waals surface area contributed by atoms with Crippen LogP contribution in [-0.2, 0) is 9.53 Å². The quantitative estimate of drug-likeness (QED) is 0.797. The second-order valence-electron chi connectivity index (χ2n) is 4.48. The maximum absolute atomic E-state index is 11.8. The fraction of sp³-hybridized carbons (Fsp3) is 0.500. The van der Waals surface area contributed by atoms with Gasteiger partial charge in [-0.3, -0.25) is 0 Å². The van der Waals surface area contributed by atoms with Crippen molar-refractivity contribution in [1.29, 1.82) is 0 Å². The first-order valence-corrected chi connectivity index (χ1v) is 6.04. The number of nitrogens with one attached hydrogen (secondary N) is 1. The minimum absolute atomic E-state index is 0.190. The van der Waals surface area contributed by atoms with Gasteiger partial charge in [-0.25, -0.2) is 4.79 Å². The molecule has 0 fully saturated rings. The average molecular weight is 235 g/mol. The minimum atomic E-state index is -0.294. The molecule has 94 valence electrons. The standard InChI is InChI=1S/C14H21NO2/c1-5-17-14(16)13(10(2)3)15-12-8-6-11(4)7-9-12/h6-10,13,15H,5H2,1-4H3/t13-/m0/s1. The van der Waals surface area contributed by atoms with Crippen LogP contribution in [0.4, 0.5) is 5.69 Å². The number of hydrogen-bond donors (Lipinski definition) is 1. The maximum Gasteiger partial charge on any atom is 0.328 e. The van der Waals surface area contributed by atoms with Crippen molar-refractivity contribution in [2.45, 2.75) is 33.7 Å². The summed E-state index contributed by atoms with van der Waals surface area (Å²) in [6.07, 6.45) is 0. The van der Waals surface area contributed by atoms with Crippen LogP contribution in [0, 0.1) is 12.8 Å². The number of esters is 1. The molecule has 0 aliphatic heterocycles. The van der Waals surface area contributed by atoms with E-state index in [-0.39, 0.29) is 17.9 Å². The normalized spacial score (nSPS) is 12.3. The van der Waals surface area contributed by atoms with Crippen molar-refractivity contribution in [1.82, 2.24) is 0 Å². The molecular formula is C14H21NO2. The van der Waals surface area contributed by atoms with Gasteiger partial charge >= 0.3 is 5.97 Å². The van der Waals surface area contributed by atoms with E-state index in [1.807, 2.05) is 52.0 Å². The molecule has 0 saturated heterocycles. The van der Waals surface area contributed by atoms with Gasteiger partial charge in [0.25, 0.3) is 0 Å². The third-order valence-corrected chi connectivity index (χ3v) is 2.58. The smallest absolute Gasteiger partial charge is 0.328 e. The van der Waals surface area contributed by atoms with Crippen molar-refractivity contribution in [3.8, 4) is 0 Å². The lowest BCUT2D eigenvalue weighted by atomic mass is 10.0. The van der Waals surface area contributed by atoms with Gasteiger partial charge in [0.2, 0.25) is 0 Å². The molecule has 0 spiro atoms. The van der Waals surface area contributed by atoms with Crippen LogP contribution in [0.15, 0.2) is 24.3 Å². The molecule has 3 nitrogen and oxygen atoms in total. The largest absolute Gasteiger partial charge is 0.464 e. The highest BCUT2D eigenvalue weighted by Gasteiger charge is 2.22. The number of anilines is 1. The van der Waals surface area contributed by atoms with Crippen molar-refractivity contribution in [2.75, 3.05) is 11.9 Å². The van der Waals surface area contributed by atoms with Crippen LogP contribution < -0.4 is 5.32 Å². The zero-order valence-corrected chi connectivity index (χ0v) is 11.0. The van der Waals surface area contributed by atoms with E-state index in [4.69, 9.17) is 4.74 Å². The van der Waals surface area contributed by atoms with Crippen molar-refractivity contribution in [3.05, 3.63) is 29.8 Å². The third-order valence-electron chi connectivity index (χ3n) is 2.58. The van der Waals surface area contributed by atoms with Gasteiger partial charge in [0, 0.05) is 5.69 Å². The fourth-order valence-electron chi connectivity index (χ4n) is 1.56. The van der Waals surface area contributed by atoms with E-state index in [9.17, 15) is 4.79 Å². The molecule has 1 aromatic rings. The maximum atomic E-state index is 11.8. The number of aryl methyl sites for hydroxylation is 1. The summed E-state index contributed by atoms with van der Waals surface area (Å²) < 4.78 is 5.06. The lowest BCUT2D eigenvalue weighted by molar-refractivity contribution is -0.145. The number of hydrogen-bond acceptors (Lipinski definition) is 3. The Labute approximate surface area is 103 Å². The number of rotatable bonds is 5. The van der Waals surface area contributed by atoms with E-state index in [1.54, 1.807) is 0 Å². The Kier molecular flexibility index (Phi) is 5.01. The molecule has 1 aromatic carbocycles. The Bertz CT molecular complexity index is 357. The van der Waals surface area contributed by atoms with Crippen LogP contribution in [-0.4, -0.2) is 18.6 Å². The molecule has 0 heterocycles. The summed E-state index contributed by atoms with van der Waals surface area (Å²) in [5.74, 6) is -0.00146. The Morgan fingerprint density at radius 3 is 2.35 bits per heavy atom. The van der Waals surface area contributed by atoms with Crippen molar-refractivity contribution in [2.24, 2.45) is 5.92 Å². The lowest BCUT2D eigenvalue weighted by Gasteiger charge is -2.21. The highest BCUT2D eigenvalue weighted by Crippen LogP contribution is 2.14. The molecule has 0 aliphatic rings. The molecule has 17 heavy (non-hydrogen) atoms. The molecule has 0 aliphatic carbocycles. The van der Waals surface area contributed by atoms with Crippen LogP contribution in [0.5, 0.6) is 0 Å². The van der Waals surface area contributed by atoms with Crippen LogP contribution >= 0.6 is 0 Å². The molecule has 1 atom stereocenters. The lowest BCUT2D eigenvalue weighted by Crippen LogP contribution is -2.36. The highest BCUT2D eigenvalue weighted by molar-refractivity contribution is 5.79. The van der Waals surface area contributed by atoms with Gasteiger partial charge in [0.05, 0.1) is 6.61 Å². The monoisotopic (exact) mass is 235 g/mol. The van der Waals surface area contributed by atoms with Crippen molar-refractivity contribution in [3.63, 3.8) is 0 Å². The van der Waals surface area contributed by atoms with Crippen LogP contribution in [0.2, 0.25) is 0 Å². The van der Waals surface area contributed by atoms with Gasteiger partial charge in [-0.1, -0.05) is 31.5 Å². The fourth-order valence-corrected chi connectivity index (χ4v) is 1.56. The van der Waals surface area contributed by atoms with Crippen molar-refractivity contribution < 1.29 is 9.53 Å². The van der Waals surface area contributed by atoms with Gasteiger partial charge in [0.15, 0.2) is 0 Å². The molecule has 0 amide bonds. The first kappa shape index (κ1) is 13.6. The Morgan fingerprint density at radius 2 is 1.88 bits per heavy atom. The Balaban J connectivity index is 2.73. The second-order valence-corrected chi connectivity index (χ2v) is 4.48. The SMILES string of the molecule is CCOC(=O)[C@@H](Nc1ccc(C)cc1)C(C)C. The predicted molar refractivity (Wildman–Crippen MR) is 70.1 cm³/mol. The molecule has 0 radical (unpaired) electrons. The molecule has 0 aromatic heterocycles. The summed E-state index contributed by atoms with van der Waals surface area (Å²) >= 11 is 0. The highest BCUT2D eigenvalue weighted by atomic mass is 16.5. The van der Waals surface area contributed by atoms with E-state index in [0.29, 0.717) is 6.61 Å². The minimum Gasteiger partial charge on any atom is -0.464 e. The molecule has 3 heteroatoms. The van der Waals surface area contributed by atoms with Gasteiger partial charge in [-0.15, -0.1) is 0 Å². The first-order chi connectivity index (χ1) is 8.04. The number of ether oxygens (including phenoxy) is 1. The van der Waals surface area contributed by atoms with Crippen molar-refractivity contribution >= 4 is 11.7 Å². The molecule has 1 rings (SSSR count). The Morgan fingerprint density at radius 1 is 1.29 bits per heavy atom. The van der Waals surface area contributed by atoms with Gasteiger partial charge in [0.1, 0.15) is 6.04 Å². The Hall–Kier alpha value is -1.51. The van der Waals surface area contributed by atoms with Crippen LogP contribution in [0.3, 0.4) is 0 Å². The molecular weight excluding hydrogens is 214 g/mol. The van der Waals surface area contributed by atoms with Crippen LogP contribution in [0.25, 0.3) is 0 Å². The zero-order valence-electron chi connectivity index (χ0n) is 11.0. The topological polar surface area (TPSA) is 38.3 Å². The first-order valence-electron chi connectivity index (χ1n) is 6.04. The van der Waals surface area contributed by atoms with E-state index >= 15 is 0 Å². The predicted octanol–water partition coefficient (Wildman–Crippen LogP) is 2.99. The summed E-state index contributed by atoms with van der Waals surface area (Å²) in [5, 5.41) is 3.22. The van der Waals surface area contributed by atoms with Gasteiger partial charge in [-0.2, -0.15) is 0 Å². The number of carbonyl (C=O) groups excluding carboxylic acids is 1. The number of benzene rings is 1. The second kappa shape index (κ2) is 6.28. The summed E-state index contributed by atoms with van der Waals surface area (Å²) in [7, 11) is 0. The van der Waals surface area contributed by atoms with Gasteiger partial charge < -0.3 is 10.1 Å². The van der Waals surface area contributed by atoms with Gasteiger partial charge in [-0.05, 0) is 31.9 Å². The summed E-state index contributed by atoms with van der Waals surface area (Å²) in [4.78, 5) is 11.8. The summed E-state index contributed by atoms with van der Waals surface area (Å²) in [6.45, 7) is 8.28. The van der Waals surface area contributed by atoms with E-state index in [0.717, 1.165) is 5.69 Å². The molecule has 0 bridgehead atoms. The van der Waals surface area contributed by atoms with E-state index in [2.05, 4.69) is 5.32 Å². The third kappa shape index (κ3) is 4.10. The number of carbonyl (C=O) groups is 1. The van der Waals surface area contributed by atoms with Crippen LogP contribution in [0.1, 0.15) is 26.3 Å². The molecule has 1 N–H and O–H groups in total. The summed E-state index contributed by atoms with van der Waals surface area (Å²) in [6, 6.07) is 7.70. The molecule has 0 saturated carbocycles. The van der Waals surface area contributed by atoms with E-state index < -0.39 is 0 Å². The average Bonchev–Trinajstić information content (AvgIpc) is 2.28. The van der Waals surface area contributed by atoms with E-state index in [1.165, 1.54) is 5.56 Å². The zero-order chi connectivity index (χ0) is 12.8. The summed E-state index contributed by atoms with van der Waals surface area (Å²) in [5.41, 5.74) is 2.15. The molecule has 0 unspecified atom stereocenters.